The molecule has 0 spiro atoms. The van der Waals surface area contributed by atoms with Crippen LogP contribution < -0.4 is 15.4 Å². The largest absolute Gasteiger partial charge is 0.491 e. The van der Waals surface area contributed by atoms with E-state index in [-0.39, 0.29) is 17.7 Å². The highest BCUT2D eigenvalue weighted by atomic mass is 16.5. The summed E-state index contributed by atoms with van der Waals surface area (Å²) in [7, 11) is 1.62. The maximum atomic E-state index is 12.5. The second kappa shape index (κ2) is 8.68. The van der Waals surface area contributed by atoms with E-state index in [1.54, 1.807) is 55.6 Å². The summed E-state index contributed by atoms with van der Waals surface area (Å²) in [6, 6.07) is 14.1. The van der Waals surface area contributed by atoms with Gasteiger partial charge in [0.05, 0.1) is 6.61 Å². The molecule has 0 radical (unpaired) electrons. The molecule has 2 unspecified atom stereocenters. The van der Waals surface area contributed by atoms with Crippen LogP contribution in [0.1, 0.15) is 23.7 Å². The van der Waals surface area contributed by atoms with E-state index < -0.39 is 0 Å². The molecule has 6 nitrogen and oxygen atoms in total. The van der Waals surface area contributed by atoms with E-state index in [0.29, 0.717) is 41.8 Å². The monoisotopic (exact) mass is 368 g/mol. The molecule has 1 saturated carbocycles. The van der Waals surface area contributed by atoms with E-state index in [1.165, 1.54) is 0 Å². The first-order valence-electron chi connectivity index (χ1n) is 9.01. The Balaban J connectivity index is 1.57. The Morgan fingerprint density at radius 2 is 1.78 bits per heavy atom. The number of rotatable bonds is 8. The maximum Gasteiger partial charge on any atom is 0.255 e. The zero-order valence-corrected chi connectivity index (χ0v) is 15.5. The van der Waals surface area contributed by atoms with Gasteiger partial charge in [0.15, 0.2) is 0 Å². The van der Waals surface area contributed by atoms with Gasteiger partial charge in [-0.2, -0.15) is 0 Å². The van der Waals surface area contributed by atoms with Gasteiger partial charge in [0.1, 0.15) is 12.4 Å². The Labute approximate surface area is 158 Å². The molecule has 2 N–H and O–H groups in total. The molecule has 2 atom stereocenters. The average Bonchev–Trinajstić information content (AvgIpc) is 3.40. The molecule has 0 aromatic heterocycles. The standard InChI is InChI=1S/C21H24N2O4/c1-14-12-19(14)21(25)23-17-5-3-4-15(13-17)20(24)22-16-6-8-18(9-7-16)27-11-10-26-2/h3-9,13-14,19H,10-12H2,1-2H3,(H,22,24)(H,23,25). The molecule has 1 aliphatic rings. The number of hydrogen-bond donors (Lipinski definition) is 2. The van der Waals surface area contributed by atoms with E-state index in [2.05, 4.69) is 17.6 Å². The molecule has 1 aliphatic carbocycles. The molecule has 2 aromatic rings. The van der Waals surface area contributed by atoms with E-state index in [4.69, 9.17) is 9.47 Å². The first kappa shape index (κ1) is 18.9. The summed E-state index contributed by atoms with van der Waals surface area (Å²) in [5.74, 6) is 1.03. The van der Waals surface area contributed by atoms with Gasteiger partial charge in [-0.1, -0.05) is 13.0 Å². The van der Waals surface area contributed by atoms with Crippen molar-refractivity contribution < 1.29 is 19.1 Å². The molecule has 3 rings (SSSR count). The highest BCUT2D eigenvalue weighted by Crippen LogP contribution is 2.38. The lowest BCUT2D eigenvalue weighted by molar-refractivity contribution is -0.117. The smallest absolute Gasteiger partial charge is 0.255 e. The third-order valence-electron chi connectivity index (χ3n) is 4.51. The van der Waals surface area contributed by atoms with Gasteiger partial charge < -0.3 is 20.1 Å². The number of amides is 2. The molecular weight excluding hydrogens is 344 g/mol. The van der Waals surface area contributed by atoms with Gasteiger partial charge in [-0.3, -0.25) is 9.59 Å². The summed E-state index contributed by atoms with van der Waals surface area (Å²) in [5.41, 5.74) is 1.78. The van der Waals surface area contributed by atoms with Crippen molar-refractivity contribution in [3.63, 3.8) is 0 Å². The van der Waals surface area contributed by atoms with Crippen LogP contribution >= 0.6 is 0 Å². The normalized spacial score (nSPS) is 17.9. The van der Waals surface area contributed by atoms with E-state index in [0.717, 1.165) is 6.42 Å². The highest BCUT2D eigenvalue weighted by molar-refractivity contribution is 6.05. The molecule has 0 bridgehead atoms. The van der Waals surface area contributed by atoms with E-state index in [1.807, 2.05) is 0 Å². The minimum absolute atomic E-state index is 0.0177. The molecule has 0 aliphatic heterocycles. The molecule has 2 amide bonds. The number of benzene rings is 2. The average molecular weight is 368 g/mol. The lowest BCUT2D eigenvalue weighted by Gasteiger charge is -2.09. The summed E-state index contributed by atoms with van der Waals surface area (Å²) in [5, 5.41) is 5.72. The second-order valence-corrected chi connectivity index (χ2v) is 6.71. The van der Waals surface area contributed by atoms with Crippen LogP contribution in [-0.4, -0.2) is 32.1 Å². The predicted octanol–water partition coefficient (Wildman–Crippen LogP) is 3.56. The number of hydrogen-bond acceptors (Lipinski definition) is 4. The Morgan fingerprint density at radius 3 is 2.44 bits per heavy atom. The Kier molecular flexibility index (Phi) is 6.08. The van der Waals surface area contributed by atoms with Crippen molar-refractivity contribution in [2.24, 2.45) is 11.8 Å². The van der Waals surface area contributed by atoms with E-state index >= 15 is 0 Å². The van der Waals surface area contributed by atoms with Gasteiger partial charge in [-0.15, -0.1) is 0 Å². The van der Waals surface area contributed by atoms with E-state index in [9.17, 15) is 9.59 Å². The van der Waals surface area contributed by atoms with Crippen molar-refractivity contribution in [1.82, 2.24) is 0 Å². The van der Waals surface area contributed by atoms with Gasteiger partial charge in [0.25, 0.3) is 5.91 Å². The number of carbonyl (C=O) groups is 2. The second-order valence-electron chi connectivity index (χ2n) is 6.71. The van der Waals surface area contributed by atoms with Crippen LogP contribution in [0.5, 0.6) is 5.75 Å². The topological polar surface area (TPSA) is 76.7 Å². The van der Waals surface area contributed by atoms with Crippen molar-refractivity contribution in [1.29, 1.82) is 0 Å². The minimum Gasteiger partial charge on any atom is -0.491 e. The maximum absolute atomic E-state index is 12.5. The Bertz CT molecular complexity index is 804. The highest BCUT2D eigenvalue weighted by Gasteiger charge is 2.39. The summed E-state index contributed by atoms with van der Waals surface area (Å²) in [4.78, 5) is 24.5. The first-order valence-corrected chi connectivity index (χ1v) is 9.01. The lowest BCUT2D eigenvalue weighted by Crippen LogP contribution is -2.16. The molecule has 0 saturated heterocycles. The van der Waals surface area contributed by atoms with Crippen molar-refractivity contribution >= 4 is 23.2 Å². The molecule has 1 fully saturated rings. The molecule has 2 aromatic carbocycles. The van der Waals surface area contributed by atoms with Crippen LogP contribution in [0.15, 0.2) is 48.5 Å². The van der Waals surface area contributed by atoms with Gasteiger partial charge >= 0.3 is 0 Å². The summed E-state index contributed by atoms with van der Waals surface area (Å²) >= 11 is 0. The van der Waals surface area contributed by atoms with Crippen LogP contribution in [0.3, 0.4) is 0 Å². The summed E-state index contributed by atoms with van der Waals surface area (Å²) in [6.45, 7) is 3.05. The zero-order chi connectivity index (χ0) is 19.2. The Morgan fingerprint density at radius 1 is 1.04 bits per heavy atom. The number of anilines is 2. The van der Waals surface area contributed by atoms with Gasteiger partial charge in [-0.05, 0) is 54.8 Å². The fourth-order valence-corrected chi connectivity index (χ4v) is 2.74. The van der Waals surface area contributed by atoms with Crippen LogP contribution in [0, 0.1) is 11.8 Å². The van der Waals surface area contributed by atoms with Crippen LogP contribution in [0.25, 0.3) is 0 Å². The van der Waals surface area contributed by atoms with Crippen LogP contribution in [0.4, 0.5) is 11.4 Å². The van der Waals surface area contributed by atoms with Gasteiger partial charge in [-0.25, -0.2) is 0 Å². The van der Waals surface area contributed by atoms with Crippen molar-refractivity contribution in [2.75, 3.05) is 31.0 Å². The third kappa shape index (κ3) is 5.31. The molecule has 27 heavy (non-hydrogen) atoms. The summed E-state index contributed by atoms with van der Waals surface area (Å²) < 4.78 is 10.4. The quantitative estimate of drug-likeness (QED) is 0.699. The summed E-state index contributed by atoms with van der Waals surface area (Å²) in [6.07, 6.45) is 0.928. The van der Waals surface area contributed by atoms with Crippen molar-refractivity contribution in [2.45, 2.75) is 13.3 Å². The van der Waals surface area contributed by atoms with Crippen LogP contribution in [-0.2, 0) is 9.53 Å². The van der Waals surface area contributed by atoms with Gasteiger partial charge in [0.2, 0.25) is 5.91 Å². The molecule has 6 heteroatoms. The fraction of sp³-hybridized carbons (Fsp3) is 0.333. The lowest BCUT2D eigenvalue weighted by atomic mass is 10.1. The molecule has 0 heterocycles. The minimum atomic E-state index is -0.237. The SMILES string of the molecule is COCCOc1ccc(NC(=O)c2cccc(NC(=O)C3CC3C)c2)cc1. The first-order chi connectivity index (χ1) is 13.1. The molecular formula is C21H24N2O4. The van der Waals surface area contributed by atoms with Gasteiger partial charge in [0, 0.05) is 30.0 Å². The fourth-order valence-electron chi connectivity index (χ4n) is 2.74. The van der Waals surface area contributed by atoms with Crippen molar-refractivity contribution in [3.8, 4) is 5.75 Å². The Hall–Kier alpha value is -2.86. The number of methoxy groups -OCH3 is 1. The number of carbonyl (C=O) groups excluding carboxylic acids is 2. The van der Waals surface area contributed by atoms with Crippen LogP contribution in [0.2, 0.25) is 0 Å². The predicted molar refractivity (Wildman–Crippen MR) is 104 cm³/mol. The molecule has 142 valence electrons. The zero-order valence-electron chi connectivity index (χ0n) is 15.5. The number of nitrogens with one attached hydrogen (secondary N) is 2. The third-order valence-corrected chi connectivity index (χ3v) is 4.51. The van der Waals surface area contributed by atoms with Crippen molar-refractivity contribution in [3.05, 3.63) is 54.1 Å². The number of ether oxygens (including phenoxy) is 2.